The number of ether oxygens (including phenoxy) is 1. The molecule has 0 aromatic heterocycles. The van der Waals surface area contributed by atoms with Crippen LogP contribution in [0.15, 0.2) is 0 Å². The lowest BCUT2D eigenvalue weighted by Gasteiger charge is -2.50. The van der Waals surface area contributed by atoms with Gasteiger partial charge in [0.25, 0.3) is 0 Å². The van der Waals surface area contributed by atoms with Crippen molar-refractivity contribution in [2.24, 2.45) is 29.6 Å². The van der Waals surface area contributed by atoms with Crippen molar-refractivity contribution >= 4 is 5.97 Å². The molecule has 26 heavy (non-hydrogen) atoms. The van der Waals surface area contributed by atoms with Crippen LogP contribution >= 0.6 is 0 Å². The average Bonchev–Trinajstić information content (AvgIpc) is 2.66. The number of hydrogen-bond donors (Lipinski definition) is 2. The van der Waals surface area contributed by atoms with E-state index in [4.69, 9.17) is 9.84 Å². The van der Waals surface area contributed by atoms with Gasteiger partial charge in [-0.3, -0.25) is 5.32 Å². The zero-order valence-corrected chi connectivity index (χ0v) is 16.0. The second kappa shape index (κ2) is 9.19. The molecule has 0 amide bonds. The molecule has 0 aromatic carbocycles. The highest BCUT2D eigenvalue weighted by atomic mass is 16.5. The first kappa shape index (κ1) is 19.6. The summed E-state index contributed by atoms with van der Waals surface area (Å²) in [7, 11) is 0. The quantitative estimate of drug-likeness (QED) is 0.748. The van der Waals surface area contributed by atoms with Crippen molar-refractivity contribution in [3.05, 3.63) is 0 Å². The minimum absolute atomic E-state index is 0.150. The fourth-order valence-corrected chi connectivity index (χ4v) is 5.94. The number of hydrogen-bond acceptors (Lipinski definition) is 4. The lowest BCUT2D eigenvalue weighted by molar-refractivity contribution is -0.148. The number of piperidine rings is 1. The van der Waals surface area contributed by atoms with Crippen molar-refractivity contribution in [2.75, 3.05) is 6.61 Å². The maximum Gasteiger partial charge on any atom is 0.329 e. The van der Waals surface area contributed by atoms with Crippen molar-refractivity contribution in [3.63, 3.8) is 0 Å². The van der Waals surface area contributed by atoms with E-state index < -0.39 is 5.97 Å². The Morgan fingerprint density at radius 3 is 2.77 bits per heavy atom. The Balaban J connectivity index is 1.71. The van der Waals surface area contributed by atoms with Crippen LogP contribution in [0.4, 0.5) is 0 Å². The molecule has 5 nitrogen and oxygen atoms in total. The molecule has 2 N–H and O–H groups in total. The van der Waals surface area contributed by atoms with Crippen molar-refractivity contribution in [1.82, 2.24) is 5.32 Å². The molecule has 146 valence electrons. The minimum atomic E-state index is -0.903. The lowest BCUT2D eigenvalue weighted by Crippen LogP contribution is -2.56. The van der Waals surface area contributed by atoms with Crippen LogP contribution in [0, 0.1) is 40.9 Å². The van der Waals surface area contributed by atoms with Crippen LogP contribution in [-0.2, 0) is 9.53 Å². The molecule has 3 rings (SSSR count). The van der Waals surface area contributed by atoms with Crippen LogP contribution in [0.5, 0.6) is 0 Å². The Morgan fingerprint density at radius 2 is 2.04 bits per heavy atom. The van der Waals surface area contributed by atoms with Crippen LogP contribution in [0.2, 0.25) is 0 Å². The van der Waals surface area contributed by atoms with E-state index in [1.807, 2.05) is 0 Å². The summed E-state index contributed by atoms with van der Waals surface area (Å²) < 4.78 is 5.67. The number of carboxylic acid groups (broad SMARTS) is 1. The van der Waals surface area contributed by atoms with E-state index >= 15 is 0 Å². The molecule has 0 bridgehead atoms. The number of nitriles is 1. The minimum Gasteiger partial charge on any atom is -0.480 e. The zero-order valence-electron chi connectivity index (χ0n) is 16.0. The second-order valence-electron chi connectivity index (χ2n) is 8.75. The van der Waals surface area contributed by atoms with Gasteiger partial charge in [-0.1, -0.05) is 32.6 Å². The van der Waals surface area contributed by atoms with E-state index in [2.05, 4.69) is 18.3 Å². The van der Waals surface area contributed by atoms with Gasteiger partial charge in [0.2, 0.25) is 0 Å². The fraction of sp³-hybridized carbons (Fsp3) is 0.905. The molecule has 1 saturated heterocycles. The summed E-state index contributed by atoms with van der Waals surface area (Å²) in [4.78, 5) is 10.9. The van der Waals surface area contributed by atoms with Gasteiger partial charge in [-0.15, -0.1) is 0 Å². The highest BCUT2D eigenvalue weighted by Gasteiger charge is 2.45. The molecular weight excluding hydrogens is 328 g/mol. The number of aliphatic carboxylic acids is 1. The smallest absolute Gasteiger partial charge is 0.329 e. The molecule has 3 aliphatic rings. The number of nitrogens with zero attached hydrogens (tertiary/aromatic N) is 1. The lowest BCUT2D eigenvalue weighted by atomic mass is 9.61. The van der Waals surface area contributed by atoms with E-state index in [1.54, 1.807) is 0 Å². The zero-order chi connectivity index (χ0) is 18.5. The molecule has 3 fully saturated rings. The Hall–Kier alpha value is -1.12. The Labute approximate surface area is 157 Å². The molecule has 0 aromatic rings. The number of fused-ring (bicyclic) bond motifs is 1. The summed E-state index contributed by atoms with van der Waals surface area (Å²) in [5, 5.41) is 22.0. The SMILES string of the molecule is CCCC1CCC2NC(OCC(=O)O)CC(C3CCCC(C#N)C3)C2C1. The van der Waals surface area contributed by atoms with E-state index in [1.165, 1.54) is 38.5 Å². The summed E-state index contributed by atoms with van der Waals surface area (Å²) in [5.74, 6) is 1.95. The van der Waals surface area contributed by atoms with Crippen molar-refractivity contribution in [1.29, 1.82) is 5.26 Å². The fourth-order valence-electron chi connectivity index (χ4n) is 5.94. The van der Waals surface area contributed by atoms with E-state index in [0.717, 1.165) is 31.6 Å². The molecule has 7 unspecified atom stereocenters. The van der Waals surface area contributed by atoms with Gasteiger partial charge in [-0.2, -0.15) is 5.26 Å². The second-order valence-corrected chi connectivity index (χ2v) is 8.75. The predicted molar refractivity (Wildman–Crippen MR) is 99.2 cm³/mol. The topological polar surface area (TPSA) is 82.3 Å². The molecule has 1 aliphatic heterocycles. The van der Waals surface area contributed by atoms with Gasteiger partial charge in [-0.25, -0.2) is 4.79 Å². The number of carboxylic acids is 1. The van der Waals surface area contributed by atoms with Crippen molar-refractivity contribution in [3.8, 4) is 6.07 Å². The Morgan fingerprint density at radius 1 is 1.19 bits per heavy atom. The molecule has 2 saturated carbocycles. The largest absolute Gasteiger partial charge is 0.480 e. The van der Waals surface area contributed by atoms with Gasteiger partial charge in [0.1, 0.15) is 12.8 Å². The van der Waals surface area contributed by atoms with Gasteiger partial charge in [-0.05, 0) is 62.2 Å². The molecule has 1 heterocycles. The van der Waals surface area contributed by atoms with E-state index in [9.17, 15) is 10.1 Å². The Bertz CT molecular complexity index is 518. The third kappa shape index (κ3) is 4.78. The molecule has 0 spiro atoms. The van der Waals surface area contributed by atoms with E-state index in [0.29, 0.717) is 23.8 Å². The first-order valence-corrected chi connectivity index (χ1v) is 10.6. The summed E-state index contributed by atoms with van der Waals surface area (Å²) in [5.41, 5.74) is 0. The van der Waals surface area contributed by atoms with E-state index in [-0.39, 0.29) is 18.8 Å². The van der Waals surface area contributed by atoms with Crippen molar-refractivity contribution < 1.29 is 14.6 Å². The van der Waals surface area contributed by atoms with Crippen LogP contribution in [0.3, 0.4) is 0 Å². The predicted octanol–water partition coefficient (Wildman–Crippen LogP) is 3.94. The van der Waals surface area contributed by atoms with Crippen molar-refractivity contribution in [2.45, 2.75) is 83.4 Å². The normalized spacial score (nSPS) is 40.4. The van der Waals surface area contributed by atoms with Gasteiger partial charge in [0.05, 0.1) is 6.07 Å². The highest BCUT2D eigenvalue weighted by Crippen LogP contribution is 2.47. The Kier molecular flexibility index (Phi) is 6.94. The van der Waals surface area contributed by atoms with Crippen LogP contribution in [-0.4, -0.2) is 30.0 Å². The first-order chi connectivity index (χ1) is 12.6. The molecular formula is C21H34N2O3. The molecule has 2 aliphatic carbocycles. The van der Waals surface area contributed by atoms with Gasteiger partial charge in [0.15, 0.2) is 0 Å². The van der Waals surface area contributed by atoms with Gasteiger partial charge < -0.3 is 9.84 Å². The maximum atomic E-state index is 10.9. The molecule has 7 atom stereocenters. The van der Waals surface area contributed by atoms with Crippen LogP contribution in [0.25, 0.3) is 0 Å². The highest BCUT2D eigenvalue weighted by molar-refractivity contribution is 5.68. The third-order valence-corrected chi connectivity index (χ3v) is 7.05. The number of rotatable bonds is 6. The summed E-state index contributed by atoms with van der Waals surface area (Å²) in [6, 6.07) is 2.95. The van der Waals surface area contributed by atoms with Gasteiger partial charge in [0, 0.05) is 12.0 Å². The first-order valence-electron chi connectivity index (χ1n) is 10.6. The average molecular weight is 363 g/mol. The summed E-state index contributed by atoms with van der Waals surface area (Å²) in [6.45, 7) is 2.04. The molecule has 0 radical (unpaired) electrons. The van der Waals surface area contributed by atoms with Crippen LogP contribution < -0.4 is 5.32 Å². The van der Waals surface area contributed by atoms with Crippen LogP contribution in [0.1, 0.15) is 71.1 Å². The molecule has 5 heteroatoms. The number of nitrogens with one attached hydrogen (secondary N) is 1. The monoisotopic (exact) mass is 362 g/mol. The summed E-state index contributed by atoms with van der Waals surface area (Å²) in [6.07, 6.45) is 11.5. The summed E-state index contributed by atoms with van der Waals surface area (Å²) >= 11 is 0. The standard InChI is InChI=1S/C21H34N2O3/c1-2-4-14-7-8-19-18(10-14)17(11-20(23-19)26-13-21(24)25)16-6-3-5-15(9-16)12-22/h14-20,23H,2-11,13H2,1H3,(H,24,25). The maximum absolute atomic E-state index is 10.9. The third-order valence-electron chi connectivity index (χ3n) is 7.05. The van der Waals surface area contributed by atoms with Gasteiger partial charge >= 0.3 is 5.97 Å². The number of carbonyl (C=O) groups is 1.